The van der Waals surface area contributed by atoms with Gasteiger partial charge < -0.3 is 0 Å². The predicted octanol–water partition coefficient (Wildman–Crippen LogP) is 11.6. The molecule has 38 heavy (non-hydrogen) atoms. The third-order valence-electron chi connectivity index (χ3n) is 13.0. The first-order chi connectivity index (χ1) is 18.0. The van der Waals surface area contributed by atoms with Crippen LogP contribution in [-0.2, 0) is 0 Å². The normalized spacial score (nSPS) is 45.6. The summed E-state index contributed by atoms with van der Waals surface area (Å²) in [6, 6.07) is 0. The number of fused-ring (bicyclic) bond motifs is 2. The molecule has 4 rings (SSSR count). The first-order valence-electron chi connectivity index (χ1n) is 17.3. The monoisotopic (exact) mass is 523 g/mol. The minimum absolute atomic E-state index is 0.448. The van der Waals surface area contributed by atoms with Gasteiger partial charge in [0.2, 0.25) is 0 Å². The van der Waals surface area contributed by atoms with Crippen LogP contribution in [0.15, 0.2) is 24.3 Å². The van der Waals surface area contributed by atoms with Gasteiger partial charge in [-0.15, -0.1) is 6.58 Å². The first-order valence-corrected chi connectivity index (χ1v) is 17.3. The molecular formula is C38H66. The maximum Gasteiger partial charge on any atom is -0.0199 e. The van der Waals surface area contributed by atoms with E-state index < -0.39 is 0 Å². The Labute approximate surface area is 239 Å². The van der Waals surface area contributed by atoms with E-state index in [-0.39, 0.29) is 0 Å². The predicted molar refractivity (Wildman–Crippen MR) is 168 cm³/mol. The van der Waals surface area contributed by atoms with Gasteiger partial charge in [-0.25, -0.2) is 0 Å². The number of hydrogen-bond donors (Lipinski definition) is 0. The minimum atomic E-state index is 0.448. The molecular weight excluding hydrogens is 456 g/mol. The molecule has 13 atom stereocenters. The largest absolute Gasteiger partial charge is 0.100 e. The van der Waals surface area contributed by atoms with Crippen LogP contribution in [-0.4, -0.2) is 0 Å². The Morgan fingerprint density at radius 2 is 1.66 bits per heavy atom. The van der Waals surface area contributed by atoms with Crippen molar-refractivity contribution in [1.82, 2.24) is 0 Å². The fourth-order valence-corrected chi connectivity index (χ4v) is 11.6. The third-order valence-corrected chi connectivity index (χ3v) is 13.0. The van der Waals surface area contributed by atoms with Gasteiger partial charge in [0.05, 0.1) is 0 Å². The maximum atomic E-state index is 4.45. The maximum absolute atomic E-state index is 4.45. The van der Waals surface area contributed by atoms with Crippen LogP contribution in [0.5, 0.6) is 0 Å². The molecule has 0 radical (unpaired) electrons. The summed E-state index contributed by atoms with van der Waals surface area (Å²) in [4.78, 5) is 0. The molecule has 0 spiro atoms. The van der Waals surface area contributed by atoms with E-state index in [4.69, 9.17) is 0 Å². The van der Waals surface area contributed by atoms with Gasteiger partial charge in [0, 0.05) is 0 Å². The summed E-state index contributed by atoms with van der Waals surface area (Å²) in [5, 5.41) is 0. The number of hydrogen-bond acceptors (Lipinski definition) is 0. The Morgan fingerprint density at radius 3 is 2.26 bits per heavy atom. The second-order valence-electron chi connectivity index (χ2n) is 16.4. The van der Waals surface area contributed by atoms with Crippen molar-refractivity contribution in [2.75, 3.05) is 0 Å². The molecule has 0 aromatic rings. The summed E-state index contributed by atoms with van der Waals surface area (Å²) in [6.45, 7) is 27.0. The molecule has 4 aliphatic carbocycles. The molecule has 0 N–H and O–H groups in total. The summed E-state index contributed by atoms with van der Waals surface area (Å²) < 4.78 is 0. The Kier molecular flexibility index (Phi) is 10.1. The van der Waals surface area contributed by atoms with Crippen LogP contribution >= 0.6 is 0 Å². The fraction of sp³-hybridized carbons (Fsp3) is 0.895. The van der Waals surface area contributed by atoms with Crippen molar-refractivity contribution in [2.24, 2.45) is 82.3 Å². The quantitative estimate of drug-likeness (QED) is 0.250. The van der Waals surface area contributed by atoms with Crippen molar-refractivity contribution in [3.05, 3.63) is 24.3 Å². The summed E-state index contributed by atoms with van der Waals surface area (Å²) in [7, 11) is 0. The molecule has 3 saturated carbocycles. The van der Waals surface area contributed by atoms with Crippen molar-refractivity contribution in [3.63, 3.8) is 0 Å². The van der Waals surface area contributed by atoms with Crippen molar-refractivity contribution >= 4 is 0 Å². The second kappa shape index (κ2) is 12.6. The highest BCUT2D eigenvalue weighted by molar-refractivity contribution is 5.09. The average molecular weight is 523 g/mol. The molecule has 0 heterocycles. The summed E-state index contributed by atoms with van der Waals surface area (Å²) >= 11 is 0. The first kappa shape index (κ1) is 30.4. The average Bonchev–Trinajstić information content (AvgIpc) is 3.18. The zero-order chi connectivity index (χ0) is 27.8. The molecule has 4 aliphatic rings. The second-order valence-corrected chi connectivity index (χ2v) is 16.4. The third kappa shape index (κ3) is 6.35. The van der Waals surface area contributed by atoms with Crippen LogP contribution in [0.4, 0.5) is 0 Å². The topological polar surface area (TPSA) is 0 Å². The summed E-state index contributed by atoms with van der Waals surface area (Å²) in [5.41, 5.74) is 1.87. The number of rotatable bonds is 10. The molecule has 0 aromatic heterocycles. The Morgan fingerprint density at radius 1 is 0.947 bits per heavy atom. The minimum Gasteiger partial charge on any atom is -0.100 e. The van der Waals surface area contributed by atoms with E-state index in [1.165, 1.54) is 63.4 Å². The smallest absolute Gasteiger partial charge is 0.0199 e. The molecule has 0 aromatic carbocycles. The lowest BCUT2D eigenvalue weighted by atomic mass is 9.45. The van der Waals surface area contributed by atoms with Gasteiger partial charge in [-0.05, 0) is 147 Å². The molecule has 0 bridgehead atoms. The Hall–Kier alpha value is -0.520. The standard InChI is InChI=1S/C38H66/c1-11-29-15-16-30(28(29)9)19-31-14-13-27(8)33-21-35-32(20-34(31)33)23-38(10,22-25(5)6)37(12-2)36(35)18-26(7)17-24(3)4/h15-16,24,26-37H,5,11-14,17-23H2,1-4,6-10H3. The van der Waals surface area contributed by atoms with Gasteiger partial charge in [-0.1, -0.05) is 86.0 Å². The lowest BCUT2D eigenvalue weighted by Crippen LogP contribution is -2.52. The molecule has 13 unspecified atom stereocenters. The van der Waals surface area contributed by atoms with Gasteiger partial charge in [-0.3, -0.25) is 0 Å². The van der Waals surface area contributed by atoms with Gasteiger partial charge >= 0.3 is 0 Å². The lowest BCUT2D eigenvalue weighted by Gasteiger charge is -2.60. The van der Waals surface area contributed by atoms with E-state index in [1.807, 2.05) is 0 Å². The molecule has 0 aliphatic heterocycles. The zero-order valence-corrected chi connectivity index (χ0v) is 27.1. The van der Waals surface area contributed by atoms with Gasteiger partial charge in [0.25, 0.3) is 0 Å². The van der Waals surface area contributed by atoms with E-state index in [9.17, 15) is 0 Å². The molecule has 218 valence electrons. The SMILES string of the molecule is C=C(C)CC1(C)CC2CC3C(CC4C=CC(CC)C4C)CCC(C)C3CC2C(CC(C)CC(C)C)C1CC. The van der Waals surface area contributed by atoms with Crippen molar-refractivity contribution in [2.45, 2.75) is 133 Å². The lowest BCUT2D eigenvalue weighted by molar-refractivity contribution is -0.105. The van der Waals surface area contributed by atoms with Crippen LogP contribution in [0.2, 0.25) is 0 Å². The van der Waals surface area contributed by atoms with Gasteiger partial charge in [0.15, 0.2) is 0 Å². The highest BCUT2D eigenvalue weighted by Crippen LogP contribution is 2.63. The molecule has 0 nitrogen and oxygen atoms in total. The van der Waals surface area contributed by atoms with Crippen molar-refractivity contribution < 1.29 is 0 Å². The van der Waals surface area contributed by atoms with E-state index in [2.05, 4.69) is 81.0 Å². The van der Waals surface area contributed by atoms with Crippen molar-refractivity contribution in [1.29, 1.82) is 0 Å². The molecule has 3 fully saturated rings. The Balaban J connectivity index is 1.59. The van der Waals surface area contributed by atoms with Gasteiger partial charge in [0.1, 0.15) is 0 Å². The molecule has 0 saturated heterocycles. The van der Waals surface area contributed by atoms with Gasteiger partial charge in [-0.2, -0.15) is 0 Å². The van der Waals surface area contributed by atoms with Crippen molar-refractivity contribution in [3.8, 4) is 0 Å². The molecule has 0 amide bonds. The van der Waals surface area contributed by atoms with E-state index in [0.29, 0.717) is 5.41 Å². The highest BCUT2D eigenvalue weighted by atomic mass is 14.6. The molecule has 0 heteroatoms. The summed E-state index contributed by atoms with van der Waals surface area (Å²) in [5.74, 6) is 11.8. The van der Waals surface area contributed by atoms with E-state index >= 15 is 0 Å². The Bertz CT molecular complexity index is 803. The van der Waals surface area contributed by atoms with Crippen LogP contribution in [0.3, 0.4) is 0 Å². The highest BCUT2D eigenvalue weighted by Gasteiger charge is 2.55. The zero-order valence-electron chi connectivity index (χ0n) is 27.1. The van der Waals surface area contributed by atoms with E-state index in [1.54, 1.807) is 12.8 Å². The van der Waals surface area contributed by atoms with Crippen LogP contribution < -0.4 is 0 Å². The van der Waals surface area contributed by atoms with E-state index in [0.717, 1.165) is 76.9 Å². The summed E-state index contributed by atoms with van der Waals surface area (Å²) in [6.07, 6.45) is 21.1. The fourth-order valence-electron chi connectivity index (χ4n) is 11.6. The van der Waals surface area contributed by atoms with Crippen LogP contribution in [0, 0.1) is 82.3 Å². The van der Waals surface area contributed by atoms with Crippen LogP contribution in [0.25, 0.3) is 0 Å². The number of allylic oxidation sites excluding steroid dienone is 3. The van der Waals surface area contributed by atoms with Crippen LogP contribution in [0.1, 0.15) is 133 Å².